The third-order valence-electron chi connectivity index (χ3n) is 3.04. The molecule has 0 spiro atoms. The molecule has 0 saturated carbocycles. The van der Waals surface area contributed by atoms with Crippen LogP contribution in [0.4, 0.5) is 11.5 Å². The van der Waals surface area contributed by atoms with E-state index in [0.717, 1.165) is 5.56 Å². The van der Waals surface area contributed by atoms with Crippen molar-refractivity contribution in [1.82, 2.24) is 5.16 Å². The number of rotatable bonds is 6. The van der Waals surface area contributed by atoms with Crippen molar-refractivity contribution in [1.29, 1.82) is 0 Å². The molecule has 7 heteroatoms. The smallest absolute Gasteiger partial charge is 0.226 e. The van der Waals surface area contributed by atoms with Gasteiger partial charge < -0.3 is 19.9 Å². The highest BCUT2D eigenvalue weighted by Crippen LogP contribution is 2.30. The predicted octanol–water partition coefficient (Wildman–Crippen LogP) is 3.39. The summed E-state index contributed by atoms with van der Waals surface area (Å²) in [7, 11) is 1.53. The summed E-state index contributed by atoms with van der Waals surface area (Å²) >= 11 is 6.04. The summed E-state index contributed by atoms with van der Waals surface area (Å²) < 4.78 is 10.2. The van der Waals surface area contributed by atoms with Crippen LogP contribution in [0.25, 0.3) is 0 Å². The van der Waals surface area contributed by atoms with Crippen LogP contribution in [-0.2, 0) is 4.79 Å². The highest BCUT2D eigenvalue weighted by atomic mass is 35.5. The fourth-order valence-corrected chi connectivity index (χ4v) is 2.05. The summed E-state index contributed by atoms with van der Waals surface area (Å²) in [6.07, 6.45) is 0.288. The number of carbonyl (C=O) groups excluding carboxylic acids is 1. The Morgan fingerprint density at radius 1 is 1.36 bits per heavy atom. The van der Waals surface area contributed by atoms with Crippen LogP contribution in [0, 0.1) is 13.8 Å². The number of benzene rings is 1. The third kappa shape index (κ3) is 4.14. The van der Waals surface area contributed by atoms with Gasteiger partial charge in [0.2, 0.25) is 5.91 Å². The second kappa shape index (κ2) is 7.17. The van der Waals surface area contributed by atoms with Crippen molar-refractivity contribution >= 4 is 29.0 Å². The molecule has 0 fully saturated rings. The average molecular weight is 324 g/mol. The molecule has 22 heavy (non-hydrogen) atoms. The van der Waals surface area contributed by atoms with Gasteiger partial charge in [-0.3, -0.25) is 4.79 Å². The zero-order chi connectivity index (χ0) is 16.1. The highest BCUT2D eigenvalue weighted by molar-refractivity contribution is 6.31. The van der Waals surface area contributed by atoms with Crippen molar-refractivity contribution in [2.45, 2.75) is 20.3 Å². The van der Waals surface area contributed by atoms with Crippen LogP contribution in [-0.4, -0.2) is 24.7 Å². The van der Waals surface area contributed by atoms with Gasteiger partial charge in [-0.25, -0.2) is 0 Å². The molecule has 0 saturated heterocycles. The van der Waals surface area contributed by atoms with E-state index < -0.39 is 0 Å². The number of methoxy groups -OCH3 is 1. The number of nitrogens with one attached hydrogen (secondary N) is 2. The first-order chi connectivity index (χ1) is 10.5. The first kappa shape index (κ1) is 16.2. The van der Waals surface area contributed by atoms with Crippen LogP contribution < -0.4 is 15.4 Å². The Morgan fingerprint density at radius 3 is 2.77 bits per heavy atom. The second-order valence-electron chi connectivity index (χ2n) is 4.85. The molecule has 118 valence electrons. The van der Waals surface area contributed by atoms with Crippen molar-refractivity contribution in [3.63, 3.8) is 0 Å². The van der Waals surface area contributed by atoms with Crippen molar-refractivity contribution in [2.75, 3.05) is 24.3 Å². The van der Waals surface area contributed by atoms with Gasteiger partial charge in [0, 0.05) is 30.1 Å². The van der Waals surface area contributed by atoms with Gasteiger partial charge >= 0.3 is 0 Å². The molecule has 1 aromatic heterocycles. The van der Waals surface area contributed by atoms with Crippen LogP contribution in [0.15, 0.2) is 22.7 Å². The first-order valence-electron chi connectivity index (χ1n) is 6.80. The molecular formula is C15H18ClN3O3. The lowest BCUT2D eigenvalue weighted by Crippen LogP contribution is -2.17. The summed E-state index contributed by atoms with van der Waals surface area (Å²) in [6.45, 7) is 4.12. The van der Waals surface area contributed by atoms with E-state index in [2.05, 4.69) is 15.8 Å². The fraction of sp³-hybridized carbons (Fsp3) is 0.333. The summed E-state index contributed by atoms with van der Waals surface area (Å²) in [5.74, 6) is 1.73. The van der Waals surface area contributed by atoms with E-state index in [1.165, 1.54) is 7.11 Å². The maximum absolute atomic E-state index is 12.0. The minimum absolute atomic E-state index is 0.132. The van der Waals surface area contributed by atoms with E-state index in [1.807, 2.05) is 6.92 Å². The van der Waals surface area contributed by atoms with E-state index >= 15 is 0 Å². The molecule has 1 heterocycles. The zero-order valence-electron chi connectivity index (χ0n) is 12.7. The van der Waals surface area contributed by atoms with Gasteiger partial charge in [-0.05, 0) is 25.5 Å². The van der Waals surface area contributed by atoms with Gasteiger partial charge in [0.15, 0.2) is 5.82 Å². The number of aryl methyl sites for hydroxylation is 2. The van der Waals surface area contributed by atoms with Crippen LogP contribution in [0.5, 0.6) is 5.75 Å². The number of amides is 1. The lowest BCUT2D eigenvalue weighted by molar-refractivity contribution is -0.116. The average Bonchev–Trinajstić information content (AvgIpc) is 2.88. The Balaban J connectivity index is 1.90. The molecule has 1 amide bonds. The zero-order valence-corrected chi connectivity index (χ0v) is 13.5. The normalized spacial score (nSPS) is 10.4. The lowest BCUT2D eigenvalue weighted by Gasteiger charge is -2.12. The quantitative estimate of drug-likeness (QED) is 0.852. The van der Waals surface area contributed by atoms with Crippen LogP contribution in [0.2, 0.25) is 5.02 Å². The van der Waals surface area contributed by atoms with E-state index in [4.69, 9.17) is 20.9 Å². The summed E-state index contributed by atoms with van der Waals surface area (Å²) in [6, 6.07) is 5.24. The minimum Gasteiger partial charge on any atom is -0.495 e. The summed E-state index contributed by atoms with van der Waals surface area (Å²) in [5, 5.41) is 10.2. The predicted molar refractivity (Wildman–Crippen MR) is 85.7 cm³/mol. The molecule has 0 aliphatic heterocycles. The van der Waals surface area contributed by atoms with E-state index in [1.54, 1.807) is 25.1 Å². The Hall–Kier alpha value is -2.21. The van der Waals surface area contributed by atoms with E-state index in [9.17, 15) is 4.79 Å². The summed E-state index contributed by atoms with van der Waals surface area (Å²) in [4.78, 5) is 12.0. The maximum Gasteiger partial charge on any atom is 0.226 e. The van der Waals surface area contributed by atoms with Gasteiger partial charge in [-0.2, -0.15) is 0 Å². The summed E-state index contributed by atoms with van der Waals surface area (Å²) in [5.41, 5.74) is 1.47. The fourth-order valence-electron chi connectivity index (χ4n) is 1.90. The van der Waals surface area contributed by atoms with Crippen LogP contribution >= 0.6 is 11.6 Å². The van der Waals surface area contributed by atoms with Crippen molar-refractivity contribution < 1.29 is 14.1 Å². The maximum atomic E-state index is 12.0. The topological polar surface area (TPSA) is 76.4 Å². The molecule has 0 atom stereocenters. The number of hydrogen-bond acceptors (Lipinski definition) is 5. The largest absolute Gasteiger partial charge is 0.495 e. The number of aromatic nitrogens is 1. The Labute approximate surface area is 133 Å². The van der Waals surface area contributed by atoms with E-state index in [-0.39, 0.29) is 12.3 Å². The Bertz CT molecular complexity index is 670. The molecule has 0 unspecified atom stereocenters. The number of hydrogen-bond donors (Lipinski definition) is 2. The van der Waals surface area contributed by atoms with E-state index in [0.29, 0.717) is 34.6 Å². The molecule has 0 bridgehead atoms. The van der Waals surface area contributed by atoms with Gasteiger partial charge in [0.1, 0.15) is 11.5 Å². The molecule has 2 rings (SSSR count). The highest BCUT2D eigenvalue weighted by Gasteiger charge is 2.10. The van der Waals surface area contributed by atoms with Crippen LogP contribution in [0.3, 0.4) is 0 Å². The number of ether oxygens (including phenoxy) is 1. The van der Waals surface area contributed by atoms with Gasteiger partial charge in [0.25, 0.3) is 0 Å². The molecule has 6 nitrogen and oxygen atoms in total. The molecule has 2 N–H and O–H groups in total. The molecule has 2 aromatic rings. The van der Waals surface area contributed by atoms with Gasteiger partial charge in [-0.15, -0.1) is 0 Å². The monoisotopic (exact) mass is 323 g/mol. The first-order valence-corrected chi connectivity index (χ1v) is 7.18. The minimum atomic E-state index is -0.132. The molecule has 1 aromatic carbocycles. The van der Waals surface area contributed by atoms with Gasteiger partial charge in [0.05, 0.1) is 12.8 Å². The Morgan fingerprint density at radius 2 is 2.14 bits per heavy atom. The lowest BCUT2D eigenvalue weighted by atomic mass is 10.2. The standard InChI is InChI=1S/C15H18ClN3O3/c1-9-6-12(13(21-3)8-11(9)16)18-15(20)4-5-17-14-7-10(2)22-19-14/h6-8H,4-5H2,1-3H3,(H,17,19)(H,18,20). The number of carbonyl (C=O) groups is 1. The molecule has 0 radical (unpaired) electrons. The SMILES string of the molecule is COc1cc(Cl)c(C)cc1NC(=O)CCNc1cc(C)on1. The van der Waals surface area contributed by atoms with Crippen LogP contribution in [0.1, 0.15) is 17.7 Å². The van der Waals surface area contributed by atoms with Crippen molar-refractivity contribution in [3.8, 4) is 5.75 Å². The third-order valence-corrected chi connectivity index (χ3v) is 3.45. The Kier molecular flexibility index (Phi) is 5.27. The van der Waals surface area contributed by atoms with Crippen molar-refractivity contribution in [3.05, 3.63) is 34.5 Å². The molecular weight excluding hydrogens is 306 g/mol. The number of halogens is 1. The second-order valence-corrected chi connectivity index (χ2v) is 5.26. The number of nitrogens with zero attached hydrogens (tertiary/aromatic N) is 1. The van der Waals surface area contributed by atoms with Gasteiger partial charge in [-0.1, -0.05) is 16.8 Å². The molecule has 0 aliphatic rings. The number of anilines is 2. The van der Waals surface area contributed by atoms with Crippen molar-refractivity contribution in [2.24, 2.45) is 0 Å². The molecule has 0 aliphatic carbocycles.